The number of carbonyl (C=O) groups is 2. The van der Waals surface area contributed by atoms with Crippen molar-refractivity contribution in [1.29, 1.82) is 0 Å². The first kappa shape index (κ1) is 21.8. The van der Waals surface area contributed by atoms with E-state index in [0.717, 1.165) is 11.6 Å². The van der Waals surface area contributed by atoms with Gasteiger partial charge in [-0.1, -0.05) is 43.7 Å². The average Bonchev–Trinajstić information content (AvgIpc) is 2.66. The molecule has 0 aliphatic heterocycles. The number of phenols is 1. The van der Waals surface area contributed by atoms with E-state index in [9.17, 15) is 14.7 Å². The van der Waals surface area contributed by atoms with Crippen molar-refractivity contribution in [1.82, 2.24) is 0 Å². The van der Waals surface area contributed by atoms with Crippen LogP contribution in [-0.2, 0) is 9.53 Å². The van der Waals surface area contributed by atoms with Crippen LogP contribution in [0.4, 0.5) is 10.5 Å². The van der Waals surface area contributed by atoms with Crippen molar-refractivity contribution in [2.75, 3.05) is 12.4 Å². The second-order valence-electron chi connectivity index (χ2n) is 7.20. The van der Waals surface area contributed by atoms with Crippen LogP contribution in [0.15, 0.2) is 54.6 Å². The quantitative estimate of drug-likeness (QED) is 0.585. The summed E-state index contributed by atoms with van der Waals surface area (Å²) in [5.41, 5.74) is 1.22. The Kier molecular flexibility index (Phi) is 6.88. The molecule has 0 aliphatic carbocycles. The van der Waals surface area contributed by atoms with Gasteiger partial charge in [-0.15, -0.1) is 0 Å². The van der Waals surface area contributed by atoms with Gasteiger partial charge in [0.15, 0.2) is 11.5 Å². The van der Waals surface area contributed by atoms with Gasteiger partial charge in [-0.3, -0.25) is 5.32 Å². The number of rotatable bonds is 7. The molecule has 0 aromatic heterocycles. The number of anilines is 1. The second kappa shape index (κ2) is 9.14. The van der Waals surface area contributed by atoms with Crippen LogP contribution in [0.2, 0.25) is 0 Å². The SMILES string of the molecule is COc1ccc([C@@H](OC(=O)Nc2ccc(C)cc2)C(C)(C)/C=C/C(=O)O)cc1O. The molecule has 0 bridgehead atoms. The third kappa shape index (κ3) is 6.00. The largest absolute Gasteiger partial charge is 0.504 e. The van der Waals surface area contributed by atoms with Crippen molar-refractivity contribution in [2.45, 2.75) is 26.9 Å². The minimum Gasteiger partial charge on any atom is -0.504 e. The minimum absolute atomic E-state index is 0.115. The molecule has 0 heterocycles. The number of amides is 1. The van der Waals surface area contributed by atoms with Crippen molar-refractivity contribution in [3.05, 3.63) is 65.7 Å². The Labute approximate surface area is 169 Å². The summed E-state index contributed by atoms with van der Waals surface area (Å²) in [5.74, 6) is -0.954. The van der Waals surface area contributed by atoms with Crippen LogP contribution in [-0.4, -0.2) is 29.4 Å². The van der Waals surface area contributed by atoms with E-state index < -0.39 is 23.6 Å². The van der Waals surface area contributed by atoms with E-state index in [1.807, 2.05) is 19.1 Å². The first-order valence-corrected chi connectivity index (χ1v) is 8.96. The van der Waals surface area contributed by atoms with Crippen LogP contribution in [0.5, 0.6) is 11.5 Å². The number of nitrogens with one attached hydrogen (secondary N) is 1. The van der Waals surface area contributed by atoms with Gasteiger partial charge < -0.3 is 19.7 Å². The Morgan fingerprint density at radius 3 is 2.34 bits per heavy atom. The number of carboxylic acid groups (broad SMARTS) is 1. The summed E-state index contributed by atoms with van der Waals surface area (Å²) in [4.78, 5) is 23.5. The molecular weight excluding hydrogens is 374 g/mol. The van der Waals surface area contributed by atoms with E-state index in [-0.39, 0.29) is 11.5 Å². The van der Waals surface area contributed by atoms with Crippen LogP contribution in [0.1, 0.15) is 31.1 Å². The molecule has 2 rings (SSSR count). The molecule has 0 spiro atoms. The van der Waals surface area contributed by atoms with Crippen LogP contribution in [0, 0.1) is 12.3 Å². The Morgan fingerprint density at radius 2 is 1.79 bits per heavy atom. The van der Waals surface area contributed by atoms with E-state index in [0.29, 0.717) is 11.3 Å². The predicted octanol–water partition coefficient (Wildman–Crippen LogP) is 4.67. The number of methoxy groups -OCH3 is 1. The van der Waals surface area contributed by atoms with Crippen molar-refractivity contribution in [2.24, 2.45) is 5.41 Å². The smallest absolute Gasteiger partial charge is 0.412 e. The summed E-state index contributed by atoms with van der Waals surface area (Å²) >= 11 is 0. The molecule has 2 aromatic carbocycles. The summed E-state index contributed by atoms with van der Waals surface area (Å²) in [7, 11) is 1.43. The maximum Gasteiger partial charge on any atom is 0.412 e. The average molecular weight is 399 g/mol. The van der Waals surface area contributed by atoms with Crippen LogP contribution in [0.25, 0.3) is 0 Å². The number of ether oxygens (including phenoxy) is 2. The third-order valence-corrected chi connectivity index (χ3v) is 4.36. The highest BCUT2D eigenvalue weighted by Gasteiger charge is 2.33. The monoisotopic (exact) mass is 399 g/mol. The standard InChI is InChI=1S/C22H25NO6/c1-14-5-8-16(9-6-14)23-21(27)29-20(22(2,3)12-11-19(25)26)15-7-10-18(28-4)17(24)13-15/h5-13,20,24H,1-4H3,(H,23,27)(H,25,26)/b12-11+/t20-/m1/s1. The molecule has 0 fully saturated rings. The van der Waals surface area contributed by atoms with Gasteiger partial charge in [0.2, 0.25) is 0 Å². The number of aliphatic carboxylic acids is 1. The van der Waals surface area contributed by atoms with E-state index in [1.54, 1.807) is 38.1 Å². The molecule has 0 saturated heterocycles. The molecule has 2 aromatic rings. The fraction of sp³-hybridized carbons (Fsp3) is 0.273. The Hall–Kier alpha value is -3.48. The second-order valence-corrected chi connectivity index (χ2v) is 7.20. The highest BCUT2D eigenvalue weighted by molar-refractivity contribution is 5.85. The van der Waals surface area contributed by atoms with Crippen molar-refractivity contribution in [3.63, 3.8) is 0 Å². The Bertz CT molecular complexity index is 902. The molecule has 1 amide bonds. The lowest BCUT2D eigenvalue weighted by atomic mass is 9.82. The number of carboxylic acids is 1. The van der Waals surface area contributed by atoms with Gasteiger partial charge in [0.25, 0.3) is 0 Å². The summed E-state index contributed by atoms with van der Waals surface area (Å²) < 4.78 is 10.7. The lowest BCUT2D eigenvalue weighted by Crippen LogP contribution is -2.27. The third-order valence-electron chi connectivity index (χ3n) is 4.36. The number of aromatic hydroxyl groups is 1. The van der Waals surface area contributed by atoms with Crippen LogP contribution < -0.4 is 10.1 Å². The van der Waals surface area contributed by atoms with Gasteiger partial charge in [-0.05, 0) is 36.8 Å². The maximum absolute atomic E-state index is 12.5. The molecule has 29 heavy (non-hydrogen) atoms. The highest BCUT2D eigenvalue weighted by atomic mass is 16.6. The van der Waals surface area contributed by atoms with Crippen molar-refractivity contribution >= 4 is 17.7 Å². The number of aryl methyl sites for hydroxylation is 1. The number of benzene rings is 2. The van der Waals surface area contributed by atoms with E-state index in [4.69, 9.17) is 14.6 Å². The number of phenolic OH excluding ortho intramolecular Hbond substituents is 1. The molecule has 0 radical (unpaired) electrons. The predicted molar refractivity (Wildman–Crippen MR) is 109 cm³/mol. The van der Waals surface area contributed by atoms with Crippen LogP contribution in [0.3, 0.4) is 0 Å². The van der Waals surface area contributed by atoms with Crippen molar-refractivity contribution in [3.8, 4) is 11.5 Å². The minimum atomic E-state index is -1.11. The summed E-state index contributed by atoms with van der Waals surface area (Å²) in [5, 5.41) is 21.8. The molecule has 3 N–H and O–H groups in total. The molecule has 0 unspecified atom stereocenters. The number of hydrogen-bond donors (Lipinski definition) is 3. The number of carbonyl (C=O) groups excluding carboxylic acids is 1. The fourth-order valence-electron chi connectivity index (χ4n) is 2.78. The lowest BCUT2D eigenvalue weighted by molar-refractivity contribution is -0.131. The molecule has 154 valence electrons. The molecule has 7 nitrogen and oxygen atoms in total. The summed E-state index contributed by atoms with van der Waals surface area (Å²) in [6.07, 6.45) is 0.865. The molecule has 0 saturated carbocycles. The molecule has 1 atom stereocenters. The van der Waals surface area contributed by atoms with Crippen LogP contribution >= 0.6 is 0 Å². The van der Waals surface area contributed by atoms with E-state index >= 15 is 0 Å². The molecule has 7 heteroatoms. The summed E-state index contributed by atoms with van der Waals surface area (Å²) in [6.45, 7) is 5.40. The van der Waals surface area contributed by atoms with Gasteiger partial charge in [-0.2, -0.15) is 0 Å². The zero-order valence-electron chi connectivity index (χ0n) is 16.8. The molecule has 0 aliphatic rings. The van der Waals surface area contributed by atoms with Gasteiger partial charge in [0.05, 0.1) is 7.11 Å². The molecular formula is C22H25NO6. The zero-order chi connectivity index (χ0) is 21.6. The topological polar surface area (TPSA) is 105 Å². The first-order valence-electron chi connectivity index (χ1n) is 8.96. The van der Waals surface area contributed by atoms with Gasteiger partial charge in [0, 0.05) is 17.2 Å². The zero-order valence-corrected chi connectivity index (χ0v) is 16.8. The van der Waals surface area contributed by atoms with Crippen molar-refractivity contribution < 1.29 is 29.3 Å². The van der Waals surface area contributed by atoms with E-state index in [2.05, 4.69) is 5.32 Å². The Morgan fingerprint density at radius 1 is 1.14 bits per heavy atom. The lowest BCUT2D eigenvalue weighted by Gasteiger charge is -2.31. The summed E-state index contributed by atoms with van der Waals surface area (Å²) in [6, 6.07) is 11.8. The first-order chi connectivity index (χ1) is 13.6. The van der Waals surface area contributed by atoms with Gasteiger partial charge >= 0.3 is 12.1 Å². The van der Waals surface area contributed by atoms with E-state index in [1.165, 1.54) is 19.3 Å². The normalized spacial score (nSPS) is 12.4. The highest BCUT2D eigenvalue weighted by Crippen LogP contribution is 2.41. The fourth-order valence-corrected chi connectivity index (χ4v) is 2.78. The maximum atomic E-state index is 12.5. The van der Waals surface area contributed by atoms with Gasteiger partial charge in [0.1, 0.15) is 6.10 Å². The number of hydrogen-bond acceptors (Lipinski definition) is 5. The van der Waals surface area contributed by atoms with Gasteiger partial charge in [-0.25, -0.2) is 9.59 Å². The Balaban J connectivity index is 2.33.